The molecule has 0 aliphatic carbocycles. The summed E-state index contributed by atoms with van der Waals surface area (Å²) in [6.45, 7) is 8.21. The lowest BCUT2D eigenvalue weighted by atomic mass is 10.1. The summed E-state index contributed by atoms with van der Waals surface area (Å²) in [7, 11) is 0. The molecule has 3 heteroatoms. The first-order valence-corrected chi connectivity index (χ1v) is 6.39. The number of aromatic nitrogens is 1. The third kappa shape index (κ3) is 3.20. The van der Waals surface area contributed by atoms with Crippen LogP contribution in [-0.2, 0) is 6.54 Å². The first-order chi connectivity index (χ1) is 8.66. The Bertz CT molecular complexity index is 503. The lowest BCUT2D eigenvalue weighted by Gasteiger charge is -2.04. The summed E-state index contributed by atoms with van der Waals surface area (Å²) in [5, 5.41) is 7.45. The summed E-state index contributed by atoms with van der Waals surface area (Å²) >= 11 is 0. The van der Waals surface area contributed by atoms with Gasteiger partial charge in [0.15, 0.2) is 5.76 Å². The van der Waals surface area contributed by atoms with Gasteiger partial charge in [0.05, 0.1) is 5.69 Å². The molecule has 1 heterocycles. The van der Waals surface area contributed by atoms with E-state index in [0.29, 0.717) is 5.92 Å². The fourth-order valence-corrected chi connectivity index (χ4v) is 1.86. The van der Waals surface area contributed by atoms with Gasteiger partial charge >= 0.3 is 0 Å². The van der Waals surface area contributed by atoms with Crippen LogP contribution in [0.25, 0.3) is 11.3 Å². The van der Waals surface area contributed by atoms with Crippen LogP contribution in [0, 0.1) is 12.8 Å². The van der Waals surface area contributed by atoms with Gasteiger partial charge in [-0.15, -0.1) is 0 Å². The van der Waals surface area contributed by atoms with Crippen LogP contribution in [0.1, 0.15) is 25.1 Å². The van der Waals surface area contributed by atoms with E-state index in [0.717, 1.165) is 30.1 Å². The molecule has 0 bridgehead atoms. The van der Waals surface area contributed by atoms with Crippen LogP contribution in [0.4, 0.5) is 0 Å². The minimum Gasteiger partial charge on any atom is -0.356 e. The highest BCUT2D eigenvalue weighted by molar-refractivity contribution is 5.61. The average Bonchev–Trinajstić information content (AvgIpc) is 2.78. The van der Waals surface area contributed by atoms with E-state index in [9.17, 15) is 0 Å². The van der Waals surface area contributed by atoms with Crippen molar-refractivity contribution in [2.75, 3.05) is 6.54 Å². The molecule has 1 aromatic heterocycles. The van der Waals surface area contributed by atoms with Gasteiger partial charge in [0.25, 0.3) is 0 Å². The largest absolute Gasteiger partial charge is 0.356 e. The van der Waals surface area contributed by atoms with Gasteiger partial charge in [0.2, 0.25) is 0 Å². The monoisotopic (exact) mass is 244 g/mol. The standard InChI is InChI=1S/C15H20N2O/c1-11(2)9-16-10-13-8-15(18-17-13)14-7-5-4-6-12(14)3/h4-8,11,16H,9-10H2,1-3H3. The van der Waals surface area contributed by atoms with Crippen LogP contribution >= 0.6 is 0 Å². The van der Waals surface area contributed by atoms with Gasteiger partial charge in [-0.05, 0) is 24.9 Å². The van der Waals surface area contributed by atoms with E-state index < -0.39 is 0 Å². The Morgan fingerprint density at radius 3 is 2.78 bits per heavy atom. The zero-order valence-electron chi connectivity index (χ0n) is 11.2. The summed E-state index contributed by atoms with van der Waals surface area (Å²) in [5.41, 5.74) is 3.27. The molecule has 0 unspecified atom stereocenters. The van der Waals surface area contributed by atoms with E-state index in [1.165, 1.54) is 5.56 Å². The summed E-state index contributed by atoms with van der Waals surface area (Å²) in [4.78, 5) is 0. The van der Waals surface area contributed by atoms with Gasteiger partial charge < -0.3 is 9.84 Å². The highest BCUT2D eigenvalue weighted by atomic mass is 16.5. The second kappa shape index (κ2) is 5.83. The molecule has 1 N–H and O–H groups in total. The van der Waals surface area contributed by atoms with Crippen molar-refractivity contribution in [2.24, 2.45) is 5.92 Å². The van der Waals surface area contributed by atoms with Gasteiger partial charge in [-0.1, -0.05) is 43.3 Å². The number of nitrogens with one attached hydrogen (secondary N) is 1. The Morgan fingerprint density at radius 2 is 2.06 bits per heavy atom. The van der Waals surface area contributed by atoms with Crippen molar-refractivity contribution in [1.29, 1.82) is 0 Å². The zero-order valence-corrected chi connectivity index (χ0v) is 11.2. The third-order valence-corrected chi connectivity index (χ3v) is 2.83. The maximum Gasteiger partial charge on any atom is 0.167 e. The number of hydrogen-bond donors (Lipinski definition) is 1. The van der Waals surface area contributed by atoms with Crippen LogP contribution in [0.2, 0.25) is 0 Å². The molecule has 2 aromatic rings. The van der Waals surface area contributed by atoms with E-state index in [4.69, 9.17) is 4.52 Å². The highest BCUT2D eigenvalue weighted by Gasteiger charge is 2.08. The van der Waals surface area contributed by atoms with Gasteiger partial charge in [-0.2, -0.15) is 0 Å². The maximum absolute atomic E-state index is 5.40. The Hall–Kier alpha value is -1.61. The quantitative estimate of drug-likeness (QED) is 0.876. The Labute approximate surface area is 108 Å². The van der Waals surface area contributed by atoms with Crippen molar-refractivity contribution in [3.8, 4) is 11.3 Å². The molecule has 0 radical (unpaired) electrons. The van der Waals surface area contributed by atoms with Crippen molar-refractivity contribution in [2.45, 2.75) is 27.3 Å². The number of nitrogens with zero attached hydrogens (tertiary/aromatic N) is 1. The molecular weight excluding hydrogens is 224 g/mol. The summed E-state index contributed by atoms with van der Waals surface area (Å²) < 4.78 is 5.40. The number of hydrogen-bond acceptors (Lipinski definition) is 3. The predicted molar refractivity (Wildman–Crippen MR) is 73.2 cm³/mol. The second-order valence-corrected chi connectivity index (χ2v) is 5.02. The lowest BCUT2D eigenvalue weighted by Crippen LogP contribution is -2.18. The molecule has 18 heavy (non-hydrogen) atoms. The first kappa shape index (κ1) is 12.8. The van der Waals surface area contributed by atoms with Crippen LogP contribution < -0.4 is 5.32 Å². The number of aryl methyl sites for hydroxylation is 1. The molecule has 0 atom stereocenters. The highest BCUT2D eigenvalue weighted by Crippen LogP contribution is 2.23. The second-order valence-electron chi connectivity index (χ2n) is 5.02. The van der Waals surface area contributed by atoms with Crippen LogP contribution in [0.5, 0.6) is 0 Å². The van der Waals surface area contributed by atoms with E-state index in [2.05, 4.69) is 43.4 Å². The third-order valence-electron chi connectivity index (χ3n) is 2.83. The molecule has 2 rings (SSSR count). The zero-order chi connectivity index (χ0) is 13.0. The van der Waals surface area contributed by atoms with Gasteiger partial charge in [0, 0.05) is 18.2 Å². The molecular formula is C15H20N2O. The molecule has 0 aliphatic rings. The van der Waals surface area contributed by atoms with Gasteiger partial charge in [-0.3, -0.25) is 0 Å². The molecule has 0 fully saturated rings. The van der Waals surface area contributed by atoms with E-state index in [-0.39, 0.29) is 0 Å². The van der Waals surface area contributed by atoms with Gasteiger partial charge in [0.1, 0.15) is 0 Å². The van der Waals surface area contributed by atoms with Crippen molar-refractivity contribution < 1.29 is 4.52 Å². The van der Waals surface area contributed by atoms with Crippen LogP contribution in [0.15, 0.2) is 34.9 Å². The van der Waals surface area contributed by atoms with E-state index in [1.807, 2.05) is 18.2 Å². The SMILES string of the molecule is Cc1ccccc1-c1cc(CNCC(C)C)no1. The van der Waals surface area contributed by atoms with Gasteiger partial charge in [-0.25, -0.2) is 0 Å². The molecule has 0 amide bonds. The first-order valence-electron chi connectivity index (χ1n) is 6.39. The number of rotatable bonds is 5. The maximum atomic E-state index is 5.40. The van der Waals surface area contributed by atoms with E-state index >= 15 is 0 Å². The lowest BCUT2D eigenvalue weighted by molar-refractivity contribution is 0.418. The molecule has 96 valence electrons. The Balaban J connectivity index is 2.04. The van der Waals surface area contributed by atoms with Crippen molar-refractivity contribution in [1.82, 2.24) is 10.5 Å². The summed E-state index contributed by atoms with van der Waals surface area (Å²) in [6, 6.07) is 10.2. The fraction of sp³-hybridized carbons (Fsp3) is 0.400. The van der Waals surface area contributed by atoms with Crippen LogP contribution in [-0.4, -0.2) is 11.7 Å². The normalized spacial score (nSPS) is 11.1. The summed E-state index contributed by atoms with van der Waals surface area (Å²) in [5.74, 6) is 1.49. The smallest absolute Gasteiger partial charge is 0.167 e. The van der Waals surface area contributed by atoms with Crippen molar-refractivity contribution in [3.05, 3.63) is 41.6 Å². The molecule has 0 spiro atoms. The Kier molecular flexibility index (Phi) is 4.15. The van der Waals surface area contributed by atoms with Crippen molar-refractivity contribution in [3.63, 3.8) is 0 Å². The summed E-state index contributed by atoms with van der Waals surface area (Å²) in [6.07, 6.45) is 0. The number of benzene rings is 1. The topological polar surface area (TPSA) is 38.1 Å². The fourth-order valence-electron chi connectivity index (χ4n) is 1.86. The van der Waals surface area contributed by atoms with Crippen LogP contribution in [0.3, 0.4) is 0 Å². The minimum atomic E-state index is 0.646. The molecule has 3 nitrogen and oxygen atoms in total. The minimum absolute atomic E-state index is 0.646. The molecule has 0 saturated carbocycles. The molecule has 0 aliphatic heterocycles. The van der Waals surface area contributed by atoms with Crippen molar-refractivity contribution >= 4 is 0 Å². The average molecular weight is 244 g/mol. The predicted octanol–water partition coefficient (Wildman–Crippen LogP) is 3.40. The van der Waals surface area contributed by atoms with E-state index in [1.54, 1.807) is 0 Å². The molecule has 0 saturated heterocycles. The molecule has 1 aromatic carbocycles. The Morgan fingerprint density at radius 1 is 1.28 bits per heavy atom.